The summed E-state index contributed by atoms with van der Waals surface area (Å²) in [5, 5.41) is 3.89. The number of hydrogen-bond donors (Lipinski definition) is 1. The maximum Gasteiger partial charge on any atom is 0.00798 e. The van der Waals surface area contributed by atoms with Crippen molar-refractivity contribution >= 4 is 0 Å². The summed E-state index contributed by atoms with van der Waals surface area (Å²) in [4.78, 5) is 0. The summed E-state index contributed by atoms with van der Waals surface area (Å²) in [6.07, 6.45) is 6.98. The smallest absolute Gasteiger partial charge is 0.00798 e. The van der Waals surface area contributed by atoms with Crippen LogP contribution in [-0.2, 0) is 0 Å². The Hall–Kier alpha value is -0.0400. The van der Waals surface area contributed by atoms with E-state index in [0.29, 0.717) is 10.8 Å². The van der Waals surface area contributed by atoms with E-state index in [1.165, 1.54) is 32.1 Å². The quantitative estimate of drug-likeness (QED) is 0.763. The summed E-state index contributed by atoms with van der Waals surface area (Å²) in [6, 6.07) is 1.49. The Labute approximate surface area is 101 Å². The van der Waals surface area contributed by atoms with Gasteiger partial charge in [0.25, 0.3) is 0 Å². The third kappa shape index (κ3) is 3.23. The minimum Gasteiger partial charge on any atom is -0.311 e. The van der Waals surface area contributed by atoms with E-state index in [4.69, 9.17) is 0 Å². The van der Waals surface area contributed by atoms with Crippen LogP contribution in [0.5, 0.6) is 0 Å². The van der Waals surface area contributed by atoms with E-state index < -0.39 is 0 Å². The average Bonchev–Trinajstić information content (AvgIpc) is 2.77. The lowest BCUT2D eigenvalue weighted by molar-refractivity contribution is 0.0799. The van der Waals surface area contributed by atoms with Crippen LogP contribution >= 0.6 is 0 Å². The Balaban J connectivity index is 1.93. The lowest BCUT2D eigenvalue weighted by Gasteiger charge is -2.46. The van der Waals surface area contributed by atoms with Crippen molar-refractivity contribution in [3.05, 3.63) is 0 Å². The number of nitrogens with one attached hydrogen (secondary N) is 1. The molecule has 1 unspecified atom stereocenters. The van der Waals surface area contributed by atoms with Gasteiger partial charge in [-0.2, -0.15) is 0 Å². The van der Waals surface area contributed by atoms with Crippen LogP contribution in [0.25, 0.3) is 0 Å². The van der Waals surface area contributed by atoms with Gasteiger partial charge in [-0.05, 0) is 55.8 Å². The first-order valence-electron chi connectivity index (χ1n) is 7.04. The summed E-state index contributed by atoms with van der Waals surface area (Å²) in [6.45, 7) is 12.1. The van der Waals surface area contributed by atoms with E-state index in [0.717, 1.165) is 18.0 Å². The van der Waals surface area contributed by atoms with Crippen molar-refractivity contribution in [3.8, 4) is 0 Å². The van der Waals surface area contributed by atoms with Crippen LogP contribution in [0.2, 0.25) is 0 Å². The number of rotatable bonds is 3. The monoisotopic (exact) mass is 223 g/mol. The normalized spacial score (nSPS) is 31.3. The van der Waals surface area contributed by atoms with Crippen molar-refractivity contribution in [2.24, 2.45) is 16.7 Å². The molecule has 2 fully saturated rings. The second kappa shape index (κ2) is 4.01. The van der Waals surface area contributed by atoms with Crippen LogP contribution < -0.4 is 5.32 Å². The van der Waals surface area contributed by atoms with E-state index in [-0.39, 0.29) is 0 Å². The highest BCUT2D eigenvalue weighted by atomic mass is 15.0. The molecule has 0 radical (unpaired) electrons. The van der Waals surface area contributed by atoms with Crippen LogP contribution in [0.3, 0.4) is 0 Å². The van der Waals surface area contributed by atoms with Crippen molar-refractivity contribution < 1.29 is 0 Å². The van der Waals surface area contributed by atoms with Gasteiger partial charge in [-0.15, -0.1) is 0 Å². The average molecular weight is 223 g/mol. The van der Waals surface area contributed by atoms with Crippen molar-refractivity contribution in [2.75, 3.05) is 0 Å². The summed E-state index contributed by atoms with van der Waals surface area (Å²) < 4.78 is 0. The Morgan fingerprint density at radius 1 is 1.00 bits per heavy atom. The minimum absolute atomic E-state index is 0.517. The zero-order valence-electron chi connectivity index (χ0n) is 11.8. The van der Waals surface area contributed by atoms with Crippen LogP contribution in [0, 0.1) is 16.7 Å². The van der Waals surface area contributed by atoms with Gasteiger partial charge in [0.15, 0.2) is 0 Å². The topological polar surface area (TPSA) is 12.0 Å². The highest BCUT2D eigenvalue weighted by Gasteiger charge is 2.39. The molecule has 1 atom stereocenters. The molecule has 16 heavy (non-hydrogen) atoms. The molecule has 0 heterocycles. The molecule has 94 valence electrons. The zero-order chi connectivity index (χ0) is 12.0. The first-order chi connectivity index (χ1) is 7.27. The molecule has 1 heteroatoms. The molecule has 1 N–H and O–H groups in total. The maximum atomic E-state index is 3.89. The van der Waals surface area contributed by atoms with Crippen LogP contribution in [0.1, 0.15) is 66.7 Å². The Kier molecular flexibility index (Phi) is 3.11. The third-order valence-corrected chi connectivity index (χ3v) is 4.38. The summed E-state index contributed by atoms with van der Waals surface area (Å²) >= 11 is 0. The first-order valence-corrected chi connectivity index (χ1v) is 7.04. The summed E-state index contributed by atoms with van der Waals surface area (Å²) in [5.41, 5.74) is 1.03. The molecule has 2 aliphatic rings. The standard InChI is InChI=1S/C15H29N/c1-11(12-6-7-12)16-13-8-14(2,3)10-15(4,5)9-13/h11-13,16H,6-10H2,1-5H3. The fraction of sp³-hybridized carbons (Fsp3) is 1.00. The highest BCUT2D eigenvalue weighted by molar-refractivity contribution is 4.94. The van der Waals surface area contributed by atoms with Crippen LogP contribution in [-0.4, -0.2) is 12.1 Å². The molecule has 0 amide bonds. The second-order valence-electron chi connectivity index (χ2n) is 7.90. The Morgan fingerprint density at radius 3 is 1.94 bits per heavy atom. The molecule has 0 aromatic heterocycles. The molecule has 1 nitrogen and oxygen atoms in total. The number of hydrogen-bond acceptors (Lipinski definition) is 1. The van der Waals surface area contributed by atoms with Crippen molar-refractivity contribution in [3.63, 3.8) is 0 Å². The molecule has 0 aliphatic heterocycles. The van der Waals surface area contributed by atoms with Crippen molar-refractivity contribution in [1.82, 2.24) is 5.32 Å². The molecule has 0 aromatic carbocycles. The van der Waals surface area contributed by atoms with E-state index in [1.54, 1.807) is 0 Å². The van der Waals surface area contributed by atoms with Gasteiger partial charge >= 0.3 is 0 Å². The third-order valence-electron chi connectivity index (χ3n) is 4.38. The fourth-order valence-corrected chi connectivity index (χ4v) is 4.07. The molecular formula is C15H29N. The SMILES string of the molecule is CC(NC1CC(C)(C)CC(C)(C)C1)C1CC1. The van der Waals surface area contributed by atoms with Crippen LogP contribution in [0.15, 0.2) is 0 Å². The van der Waals surface area contributed by atoms with Gasteiger partial charge in [0.1, 0.15) is 0 Å². The largest absolute Gasteiger partial charge is 0.311 e. The van der Waals surface area contributed by atoms with Crippen molar-refractivity contribution in [2.45, 2.75) is 78.8 Å². The van der Waals surface area contributed by atoms with Crippen molar-refractivity contribution in [1.29, 1.82) is 0 Å². The summed E-state index contributed by atoms with van der Waals surface area (Å²) in [7, 11) is 0. The molecule has 0 aromatic rings. The lowest BCUT2D eigenvalue weighted by atomic mass is 9.63. The highest BCUT2D eigenvalue weighted by Crippen LogP contribution is 2.46. The lowest BCUT2D eigenvalue weighted by Crippen LogP contribution is -2.47. The summed E-state index contributed by atoms with van der Waals surface area (Å²) in [5.74, 6) is 0.980. The zero-order valence-corrected chi connectivity index (χ0v) is 11.8. The van der Waals surface area contributed by atoms with Gasteiger partial charge in [-0.3, -0.25) is 0 Å². The first kappa shape index (κ1) is 12.4. The molecule has 0 spiro atoms. The maximum absolute atomic E-state index is 3.89. The van der Waals surface area contributed by atoms with E-state index in [9.17, 15) is 0 Å². The van der Waals surface area contributed by atoms with E-state index in [1.807, 2.05) is 0 Å². The van der Waals surface area contributed by atoms with Gasteiger partial charge < -0.3 is 5.32 Å². The Morgan fingerprint density at radius 2 is 1.50 bits per heavy atom. The second-order valence-corrected chi connectivity index (χ2v) is 7.90. The molecule has 2 aliphatic carbocycles. The minimum atomic E-state index is 0.517. The van der Waals surface area contributed by atoms with E-state index in [2.05, 4.69) is 39.9 Å². The predicted molar refractivity (Wildman–Crippen MR) is 70.5 cm³/mol. The molecule has 2 saturated carbocycles. The molecular weight excluding hydrogens is 194 g/mol. The van der Waals surface area contributed by atoms with E-state index >= 15 is 0 Å². The molecule has 2 rings (SSSR count). The van der Waals surface area contributed by atoms with Gasteiger partial charge in [0, 0.05) is 12.1 Å². The van der Waals surface area contributed by atoms with Crippen LogP contribution in [0.4, 0.5) is 0 Å². The fourth-order valence-electron chi connectivity index (χ4n) is 4.07. The molecule has 0 bridgehead atoms. The Bertz CT molecular complexity index is 234. The predicted octanol–water partition coefficient (Wildman–Crippen LogP) is 3.98. The van der Waals surface area contributed by atoms with Gasteiger partial charge in [-0.1, -0.05) is 27.7 Å². The van der Waals surface area contributed by atoms with Gasteiger partial charge in [0.2, 0.25) is 0 Å². The van der Waals surface area contributed by atoms with Gasteiger partial charge in [0.05, 0.1) is 0 Å². The van der Waals surface area contributed by atoms with Gasteiger partial charge in [-0.25, -0.2) is 0 Å². The molecule has 0 saturated heterocycles.